The fourth-order valence-corrected chi connectivity index (χ4v) is 6.28. The first-order valence-corrected chi connectivity index (χ1v) is 16.2. The monoisotopic (exact) mass is 692 g/mol. The summed E-state index contributed by atoms with van der Waals surface area (Å²) in [5, 5.41) is 47.5. The third kappa shape index (κ3) is 8.37. The van der Waals surface area contributed by atoms with Crippen LogP contribution in [0.2, 0.25) is 0 Å². The van der Waals surface area contributed by atoms with Gasteiger partial charge in [-0.3, -0.25) is 14.6 Å². The van der Waals surface area contributed by atoms with E-state index < -0.39 is 38.1 Å². The van der Waals surface area contributed by atoms with Gasteiger partial charge in [-0.15, -0.1) is 0 Å². The summed E-state index contributed by atoms with van der Waals surface area (Å²) in [6.45, 7) is 1.66. The number of rotatable bonds is 8. The maximum Gasteiger partial charge on any atom is 0.547 e. The molecule has 0 bridgehead atoms. The van der Waals surface area contributed by atoms with Gasteiger partial charge in [0.15, 0.2) is 0 Å². The molecule has 2 amide bonds. The molecule has 3 aliphatic heterocycles. The van der Waals surface area contributed by atoms with Gasteiger partial charge < -0.3 is 45.5 Å². The molecule has 7 rings (SSSR count). The van der Waals surface area contributed by atoms with E-state index in [0.717, 1.165) is 24.2 Å². The average molecular weight is 692 g/mol. The van der Waals surface area contributed by atoms with E-state index in [0.29, 0.717) is 24.0 Å². The number of nitrogens with one attached hydrogen (secondary N) is 3. The number of carbonyl (C=O) groups is 4. The van der Waals surface area contributed by atoms with E-state index in [1.807, 2.05) is 18.2 Å². The summed E-state index contributed by atoms with van der Waals surface area (Å²) in [6, 6.07) is 19.0. The number of nitrogens with zero attached hydrogens (tertiary/aromatic N) is 1. The lowest BCUT2D eigenvalue weighted by Crippen LogP contribution is -2.53. The molecule has 0 radical (unpaired) electrons. The molecule has 0 aliphatic carbocycles. The van der Waals surface area contributed by atoms with Crippen molar-refractivity contribution in [3.8, 4) is 11.5 Å². The number of aromatic carboxylic acids is 2. The number of carboxylic acids is 2. The van der Waals surface area contributed by atoms with Gasteiger partial charge in [0.05, 0.1) is 35.9 Å². The Morgan fingerprint density at radius 1 is 0.686 bits per heavy atom. The lowest BCUT2D eigenvalue weighted by molar-refractivity contribution is -0.121. The molecule has 0 saturated heterocycles. The fourth-order valence-electron chi connectivity index (χ4n) is 6.28. The highest BCUT2D eigenvalue weighted by Crippen LogP contribution is 2.31. The molecule has 7 N–H and O–H groups in total. The van der Waals surface area contributed by atoms with Crippen LogP contribution in [0.4, 0.5) is 0 Å². The normalized spacial score (nSPS) is 16.9. The second-order valence-electron chi connectivity index (χ2n) is 12.4. The molecule has 51 heavy (non-hydrogen) atoms. The Hall–Kier alpha value is -5.70. The van der Waals surface area contributed by atoms with Gasteiger partial charge in [0.25, 0.3) is 0 Å². The molecule has 0 spiro atoms. The predicted molar refractivity (Wildman–Crippen MR) is 184 cm³/mol. The number of benzene rings is 3. The highest BCUT2D eigenvalue weighted by molar-refractivity contribution is 6.47. The van der Waals surface area contributed by atoms with Crippen molar-refractivity contribution in [3.63, 3.8) is 0 Å². The minimum Gasteiger partial charge on any atom is -0.534 e. The van der Waals surface area contributed by atoms with E-state index >= 15 is 0 Å². The topological polar surface area (TPSA) is 217 Å². The summed E-state index contributed by atoms with van der Waals surface area (Å²) in [5.41, 5.74) is 5.45. The zero-order valence-corrected chi connectivity index (χ0v) is 27.2. The molecule has 2 unspecified atom stereocenters. The number of carboxylic acid groups (broad SMARTS) is 2. The second kappa shape index (κ2) is 15.5. The highest BCUT2D eigenvalue weighted by Gasteiger charge is 2.39. The van der Waals surface area contributed by atoms with Crippen molar-refractivity contribution in [1.82, 2.24) is 20.9 Å². The number of aromatic nitrogens is 1. The number of para-hydroxylation sites is 2. The van der Waals surface area contributed by atoms with Crippen molar-refractivity contribution in [1.29, 1.82) is 0 Å². The quantitative estimate of drug-likeness (QED) is 0.129. The molecule has 0 fully saturated rings. The number of fused-ring (bicyclic) bond motifs is 3. The van der Waals surface area contributed by atoms with Crippen LogP contribution < -0.4 is 25.3 Å². The van der Waals surface area contributed by atoms with E-state index in [2.05, 4.69) is 20.9 Å². The standard InChI is InChI=1S/C19H19BN2O5.C16H15BN2O5/c23-17(7-11-4-5-13-9-21-10-14(13)6-11)22-16-8-12-2-1-3-15(19(24)25)18(12)27-20(16)26;20-14(8-10-4-6-18-7-5-10)19-13-9-11-2-1-3-12(16(21)22)15(11)24-17(13)23/h1-6,16,21,26H,7-10H2,(H,22,23)(H,24,25);1-7,13,23H,8-9H2,(H,19,20)(H,21,22). The first-order valence-electron chi connectivity index (χ1n) is 16.2. The Kier molecular flexibility index (Phi) is 10.7. The van der Waals surface area contributed by atoms with Crippen LogP contribution in [0, 0.1) is 0 Å². The summed E-state index contributed by atoms with van der Waals surface area (Å²) < 4.78 is 10.7. The third-order valence-electron chi connectivity index (χ3n) is 8.77. The largest absolute Gasteiger partial charge is 0.547 e. The van der Waals surface area contributed by atoms with Gasteiger partial charge in [-0.25, -0.2) is 9.59 Å². The van der Waals surface area contributed by atoms with E-state index in [9.17, 15) is 34.3 Å². The molecule has 16 heteroatoms. The fraction of sp³-hybridized carbons (Fsp3) is 0.229. The molecule has 14 nitrogen and oxygen atoms in total. The van der Waals surface area contributed by atoms with Gasteiger partial charge in [0.2, 0.25) is 11.8 Å². The Morgan fingerprint density at radius 2 is 1.20 bits per heavy atom. The predicted octanol–water partition coefficient (Wildman–Crippen LogP) is 1.13. The van der Waals surface area contributed by atoms with Gasteiger partial charge in [-0.05, 0) is 70.5 Å². The van der Waals surface area contributed by atoms with Gasteiger partial charge in [0, 0.05) is 25.5 Å². The maximum atomic E-state index is 12.4. The zero-order valence-electron chi connectivity index (χ0n) is 27.2. The van der Waals surface area contributed by atoms with Crippen LogP contribution in [0.25, 0.3) is 0 Å². The van der Waals surface area contributed by atoms with Crippen molar-refractivity contribution in [2.45, 2.75) is 50.7 Å². The van der Waals surface area contributed by atoms with Crippen molar-refractivity contribution in [3.05, 3.63) is 124 Å². The lowest BCUT2D eigenvalue weighted by atomic mass is 9.72. The summed E-state index contributed by atoms with van der Waals surface area (Å²) in [4.78, 5) is 50.9. The zero-order chi connectivity index (χ0) is 36.1. The third-order valence-corrected chi connectivity index (χ3v) is 8.77. The number of pyridine rings is 1. The van der Waals surface area contributed by atoms with Crippen molar-refractivity contribution < 1.29 is 48.7 Å². The molecule has 3 aliphatic rings. The van der Waals surface area contributed by atoms with Crippen molar-refractivity contribution in [2.24, 2.45) is 0 Å². The Morgan fingerprint density at radius 3 is 1.73 bits per heavy atom. The van der Waals surface area contributed by atoms with Gasteiger partial charge in [0.1, 0.15) is 11.5 Å². The molecule has 1 aromatic heterocycles. The molecule has 4 heterocycles. The summed E-state index contributed by atoms with van der Waals surface area (Å²) >= 11 is 0. The molecule has 3 aromatic carbocycles. The van der Waals surface area contributed by atoms with Crippen LogP contribution in [-0.4, -0.2) is 75.1 Å². The minimum absolute atomic E-state index is 0.00285. The van der Waals surface area contributed by atoms with Crippen LogP contribution in [0.5, 0.6) is 11.5 Å². The smallest absolute Gasteiger partial charge is 0.534 e. The Balaban J connectivity index is 0.000000177. The SMILES string of the molecule is O=C(Cc1ccc2c(c1)CNC2)NC1Cc2cccc(C(=O)O)c2OB1O.O=C(Cc1ccncc1)NC1Cc2cccc(C(=O)O)c2OB1O. The minimum atomic E-state index is -1.31. The second-order valence-corrected chi connectivity index (χ2v) is 12.4. The van der Waals surface area contributed by atoms with E-state index in [4.69, 9.17) is 14.4 Å². The van der Waals surface area contributed by atoms with Gasteiger partial charge in [-0.1, -0.05) is 42.5 Å². The number of carbonyl (C=O) groups excluding carboxylic acids is 2. The van der Waals surface area contributed by atoms with E-state index in [1.54, 1.807) is 48.8 Å². The summed E-state index contributed by atoms with van der Waals surface area (Å²) in [6.07, 6.45) is 4.17. The Labute approximate surface area is 293 Å². The summed E-state index contributed by atoms with van der Waals surface area (Å²) in [7, 11) is -2.61. The highest BCUT2D eigenvalue weighted by atomic mass is 16.5. The molecular formula is C35H34B2N4O10. The molecule has 2 atom stereocenters. The van der Waals surface area contributed by atoms with Crippen LogP contribution in [0.15, 0.2) is 79.1 Å². The molecule has 4 aromatic rings. The number of hydrogen-bond donors (Lipinski definition) is 7. The van der Waals surface area contributed by atoms with Crippen LogP contribution in [0.3, 0.4) is 0 Å². The average Bonchev–Trinajstić information content (AvgIpc) is 3.57. The number of amides is 2. The van der Waals surface area contributed by atoms with Gasteiger partial charge in [-0.2, -0.15) is 0 Å². The van der Waals surface area contributed by atoms with E-state index in [-0.39, 0.29) is 47.3 Å². The van der Waals surface area contributed by atoms with Crippen LogP contribution in [0.1, 0.15) is 54.1 Å². The molecular weight excluding hydrogens is 658 g/mol. The van der Waals surface area contributed by atoms with Crippen LogP contribution in [-0.2, 0) is 48.4 Å². The molecule has 0 saturated carbocycles. The van der Waals surface area contributed by atoms with Crippen molar-refractivity contribution >= 4 is 38.0 Å². The van der Waals surface area contributed by atoms with Gasteiger partial charge >= 0.3 is 26.2 Å². The lowest BCUT2D eigenvalue weighted by Gasteiger charge is -2.28. The first-order chi connectivity index (χ1) is 24.5. The number of hydrogen-bond acceptors (Lipinski definition) is 10. The van der Waals surface area contributed by atoms with E-state index in [1.165, 1.54) is 23.3 Å². The van der Waals surface area contributed by atoms with Crippen molar-refractivity contribution in [2.75, 3.05) is 0 Å². The summed E-state index contributed by atoms with van der Waals surface area (Å²) in [5.74, 6) is -3.68. The van der Waals surface area contributed by atoms with Crippen LogP contribution >= 0.6 is 0 Å². The molecule has 260 valence electrons. The Bertz CT molecular complexity index is 1960. The maximum absolute atomic E-state index is 12.4. The first kappa shape index (κ1) is 35.1.